The van der Waals surface area contributed by atoms with Crippen LogP contribution in [0.5, 0.6) is 0 Å². The zero-order valence-electron chi connectivity index (χ0n) is 15.2. The van der Waals surface area contributed by atoms with Crippen molar-refractivity contribution in [3.8, 4) is 0 Å². The molecule has 0 unspecified atom stereocenters. The number of piperazine rings is 1. The van der Waals surface area contributed by atoms with E-state index in [2.05, 4.69) is 31.0 Å². The molecule has 27 heavy (non-hydrogen) atoms. The number of hydrogen-bond donors (Lipinski definition) is 2. The topological polar surface area (TPSA) is 78.7 Å². The highest BCUT2D eigenvalue weighted by Gasteiger charge is 2.19. The highest BCUT2D eigenvalue weighted by atomic mass is 79.9. The highest BCUT2D eigenvalue weighted by Crippen LogP contribution is 2.20. The van der Waals surface area contributed by atoms with Crippen molar-refractivity contribution in [3.63, 3.8) is 0 Å². The van der Waals surface area contributed by atoms with E-state index < -0.39 is 5.91 Å². The van der Waals surface area contributed by atoms with Gasteiger partial charge in [0.25, 0.3) is 0 Å². The maximum Gasteiger partial charge on any atom is 0.248 e. The second-order valence-electron chi connectivity index (χ2n) is 6.69. The number of benzene rings is 2. The van der Waals surface area contributed by atoms with E-state index >= 15 is 0 Å². The largest absolute Gasteiger partial charge is 0.369 e. The van der Waals surface area contributed by atoms with E-state index in [1.54, 1.807) is 12.1 Å². The number of halogens is 1. The Morgan fingerprint density at radius 1 is 1.07 bits per heavy atom. The number of nitrogens with two attached hydrogens (primary N) is 1. The van der Waals surface area contributed by atoms with E-state index in [-0.39, 0.29) is 5.91 Å². The SMILES string of the molecule is Cc1cc(NC(=O)CN2CCN(c3ccc(C(N)=O)cc3)CC2)ccc1Br. The lowest BCUT2D eigenvalue weighted by Gasteiger charge is -2.35. The van der Waals surface area contributed by atoms with Crippen LogP contribution in [-0.2, 0) is 4.79 Å². The smallest absolute Gasteiger partial charge is 0.248 e. The van der Waals surface area contributed by atoms with Gasteiger partial charge in [0.05, 0.1) is 6.54 Å². The van der Waals surface area contributed by atoms with Crippen LogP contribution in [-0.4, -0.2) is 49.4 Å². The van der Waals surface area contributed by atoms with Gasteiger partial charge in [-0.25, -0.2) is 0 Å². The molecule has 0 spiro atoms. The Labute approximate surface area is 167 Å². The molecule has 0 saturated carbocycles. The fraction of sp³-hybridized carbons (Fsp3) is 0.300. The number of anilines is 2. The summed E-state index contributed by atoms with van der Waals surface area (Å²) in [6.45, 7) is 5.66. The first-order chi connectivity index (χ1) is 12.9. The number of nitrogens with zero attached hydrogens (tertiary/aromatic N) is 2. The summed E-state index contributed by atoms with van der Waals surface area (Å²) in [6.07, 6.45) is 0. The predicted octanol–water partition coefficient (Wildman–Crippen LogP) is 2.62. The molecule has 0 radical (unpaired) electrons. The fourth-order valence-corrected chi connectivity index (χ4v) is 3.37. The van der Waals surface area contributed by atoms with Crippen LogP contribution in [0.4, 0.5) is 11.4 Å². The van der Waals surface area contributed by atoms with Crippen molar-refractivity contribution in [2.75, 3.05) is 42.9 Å². The summed E-state index contributed by atoms with van der Waals surface area (Å²) in [4.78, 5) is 27.9. The van der Waals surface area contributed by atoms with Gasteiger partial charge in [-0.2, -0.15) is 0 Å². The van der Waals surface area contributed by atoms with Gasteiger partial charge in [0, 0.05) is 47.6 Å². The maximum atomic E-state index is 12.3. The fourth-order valence-electron chi connectivity index (χ4n) is 3.13. The molecule has 2 aromatic carbocycles. The van der Waals surface area contributed by atoms with Crippen LogP contribution in [0, 0.1) is 6.92 Å². The molecule has 142 valence electrons. The Morgan fingerprint density at radius 2 is 1.74 bits per heavy atom. The van der Waals surface area contributed by atoms with Gasteiger partial charge in [-0.1, -0.05) is 15.9 Å². The Morgan fingerprint density at radius 3 is 2.33 bits per heavy atom. The summed E-state index contributed by atoms with van der Waals surface area (Å²) in [5, 5.41) is 2.96. The van der Waals surface area contributed by atoms with Crippen LogP contribution in [0.3, 0.4) is 0 Å². The predicted molar refractivity (Wildman–Crippen MR) is 111 cm³/mol. The van der Waals surface area contributed by atoms with Crippen molar-refractivity contribution >= 4 is 39.1 Å². The molecule has 1 aliphatic rings. The third kappa shape index (κ3) is 5.08. The van der Waals surface area contributed by atoms with Gasteiger partial charge < -0.3 is 16.0 Å². The molecule has 2 amide bonds. The van der Waals surface area contributed by atoms with Crippen LogP contribution in [0.1, 0.15) is 15.9 Å². The number of amides is 2. The molecule has 0 atom stereocenters. The summed E-state index contributed by atoms with van der Waals surface area (Å²) in [5.41, 5.74) is 8.75. The molecule has 0 aliphatic carbocycles. The summed E-state index contributed by atoms with van der Waals surface area (Å²) in [7, 11) is 0. The molecule has 2 aromatic rings. The second kappa shape index (κ2) is 8.54. The van der Waals surface area contributed by atoms with Gasteiger partial charge in [0.2, 0.25) is 11.8 Å². The molecule has 1 heterocycles. The van der Waals surface area contributed by atoms with Gasteiger partial charge in [0.15, 0.2) is 0 Å². The molecule has 3 N–H and O–H groups in total. The lowest BCUT2D eigenvalue weighted by Crippen LogP contribution is -2.48. The minimum Gasteiger partial charge on any atom is -0.369 e. The Hall–Kier alpha value is -2.38. The number of hydrogen-bond acceptors (Lipinski definition) is 4. The monoisotopic (exact) mass is 430 g/mol. The molecular weight excluding hydrogens is 408 g/mol. The maximum absolute atomic E-state index is 12.3. The summed E-state index contributed by atoms with van der Waals surface area (Å²) < 4.78 is 1.03. The van der Waals surface area contributed by atoms with Crippen molar-refractivity contribution in [1.29, 1.82) is 0 Å². The first-order valence-corrected chi connectivity index (χ1v) is 9.65. The van der Waals surface area contributed by atoms with Gasteiger partial charge in [-0.3, -0.25) is 14.5 Å². The van der Waals surface area contributed by atoms with Crippen molar-refractivity contribution in [3.05, 3.63) is 58.1 Å². The van der Waals surface area contributed by atoms with Gasteiger partial charge in [-0.05, 0) is 55.0 Å². The van der Waals surface area contributed by atoms with Crippen LogP contribution in [0.2, 0.25) is 0 Å². The molecule has 7 heteroatoms. The van der Waals surface area contributed by atoms with Gasteiger partial charge in [-0.15, -0.1) is 0 Å². The minimum atomic E-state index is -0.418. The normalized spacial score (nSPS) is 14.8. The quantitative estimate of drug-likeness (QED) is 0.763. The lowest BCUT2D eigenvalue weighted by atomic mass is 10.1. The van der Waals surface area contributed by atoms with Crippen LogP contribution in [0.15, 0.2) is 46.9 Å². The van der Waals surface area contributed by atoms with E-state index in [1.807, 2.05) is 37.3 Å². The number of rotatable bonds is 5. The Kier molecular flexibility index (Phi) is 6.13. The van der Waals surface area contributed by atoms with Crippen molar-refractivity contribution in [1.82, 2.24) is 4.90 Å². The molecule has 0 bridgehead atoms. The summed E-state index contributed by atoms with van der Waals surface area (Å²) in [6, 6.07) is 13.1. The van der Waals surface area contributed by atoms with E-state index in [1.165, 1.54) is 0 Å². The third-order valence-electron chi connectivity index (χ3n) is 4.70. The number of primary amides is 1. The molecule has 0 aromatic heterocycles. The number of nitrogens with one attached hydrogen (secondary N) is 1. The zero-order valence-corrected chi connectivity index (χ0v) is 16.8. The zero-order chi connectivity index (χ0) is 19.4. The molecule has 6 nitrogen and oxygen atoms in total. The average Bonchev–Trinajstić information content (AvgIpc) is 2.65. The molecule has 1 aliphatic heterocycles. The van der Waals surface area contributed by atoms with E-state index in [9.17, 15) is 9.59 Å². The summed E-state index contributed by atoms with van der Waals surface area (Å²) >= 11 is 3.46. The Balaban J connectivity index is 1.49. The molecule has 3 rings (SSSR count). The number of carbonyl (C=O) groups is 2. The van der Waals surface area contributed by atoms with Crippen LogP contribution < -0.4 is 16.0 Å². The average molecular weight is 431 g/mol. The first kappa shape index (κ1) is 19.4. The standard InChI is InChI=1S/C20H23BrN4O2/c1-14-12-16(4-7-18(14)21)23-19(26)13-24-8-10-25(11-9-24)17-5-2-15(3-6-17)20(22)27/h2-7,12H,8-11,13H2,1H3,(H2,22,27)(H,23,26). The van der Waals surface area contributed by atoms with Crippen molar-refractivity contribution in [2.45, 2.75) is 6.92 Å². The van der Waals surface area contributed by atoms with Gasteiger partial charge in [0.1, 0.15) is 0 Å². The van der Waals surface area contributed by atoms with E-state index in [4.69, 9.17) is 5.73 Å². The van der Waals surface area contributed by atoms with Gasteiger partial charge >= 0.3 is 0 Å². The van der Waals surface area contributed by atoms with Crippen molar-refractivity contribution < 1.29 is 9.59 Å². The second-order valence-corrected chi connectivity index (χ2v) is 7.54. The van der Waals surface area contributed by atoms with Crippen molar-refractivity contribution in [2.24, 2.45) is 5.73 Å². The third-order valence-corrected chi connectivity index (χ3v) is 5.59. The number of aryl methyl sites for hydroxylation is 1. The lowest BCUT2D eigenvalue weighted by molar-refractivity contribution is -0.117. The van der Waals surface area contributed by atoms with E-state index in [0.717, 1.165) is 47.6 Å². The molecule has 1 fully saturated rings. The minimum absolute atomic E-state index is 0.00372. The summed E-state index contributed by atoms with van der Waals surface area (Å²) in [5.74, 6) is -0.422. The van der Waals surface area contributed by atoms with E-state index in [0.29, 0.717) is 12.1 Å². The van der Waals surface area contributed by atoms with Crippen LogP contribution >= 0.6 is 15.9 Å². The molecule has 1 saturated heterocycles. The van der Waals surface area contributed by atoms with Crippen LogP contribution in [0.25, 0.3) is 0 Å². The first-order valence-electron chi connectivity index (χ1n) is 8.85. The Bertz CT molecular complexity index is 830. The number of carbonyl (C=O) groups excluding carboxylic acids is 2. The molecular formula is C20H23BrN4O2. The highest BCUT2D eigenvalue weighted by molar-refractivity contribution is 9.10.